The van der Waals surface area contributed by atoms with E-state index in [9.17, 15) is 14.4 Å². The summed E-state index contributed by atoms with van der Waals surface area (Å²) < 4.78 is 5.39. The Labute approximate surface area is 184 Å². The topological polar surface area (TPSA) is 75.7 Å². The van der Waals surface area contributed by atoms with E-state index in [-0.39, 0.29) is 17.9 Å². The second kappa shape index (κ2) is 11.5. The van der Waals surface area contributed by atoms with Gasteiger partial charge in [-0.3, -0.25) is 9.59 Å². The van der Waals surface area contributed by atoms with Crippen LogP contribution in [-0.2, 0) is 9.53 Å². The monoisotopic (exact) mass is 436 g/mol. The van der Waals surface area contributed by atoms with E-state index in [0.29, 0.717) is 46.4 Å². The second-order valence-electron chi connectivity index (χ2n) is 8.28. The summed E-state index contributed by atoms with van der Waals surface area (Å²) >= 11 is 1.17. The number of hydrogen-bond donors (Lipinski definition) is 1. The van der Waals surface area contributed by atoms with Crippen molar-refractivity contribution < 1.29 is 19.1 Å². The molecule has 1 fully saturated rings. The van der Waals surface area contributed by atoms with Gasteiger partial charge in [0.2, 0.25) is 5.91 Å². The highest BCUT2D eigenvalue weighted by Crippen LogP contribution is 2.35. The van der Waals surface area contributed by atoms with Crippen LogP contribution in [-0.4, -0.2) is 41.9 Å². The van der Waals surface area contributed by atoms with E-state index < -0.39 is 5.97 Å². The molecule has 1 heterocycles. The highest BCUT2D eigenvalue weighted by molar-refractivity contribution is 7.18. The van der Waals surface area contributed by atoms with Crippen LogP contribution in [0.15, 0.2) is 0 Å². The van der Waals surface area contributed by atoms with Gasteiger partial charge < -0.3 is 15.0 Å². The van der Waals surface area contributed by atoms with Crippen LogP contribution in [0.3, 0.4) is 0 Å². The number of nitrogens with zero attached hydrogens (tertiary/aromatic N) is 1. The summed E-state index contributed by atoms with van der Waals surface area (Å²) in [6.07, 6.45) is 7.19. The quantitative estimate of drug-likeness (QED) is 0.526. The zero-order valence-electron chi connectivity index (χ0n) is 19.0. The Bertz CT molecular complexity index is 747. The van der Waals surface area contributed by atoms with E-state index in [1.165, 1.54) is 43.4 Å². The molecular weight excluding hydrogens is 400 g/mol. The number of hydrogen-bond acceptors (Lipinski definition) is 5. The third kappa shape index (κ3) is 6.30. The summed E-state index contributed by atoms with van der Waals surface area (Å²) in [6.45, 7) is 10.3. The van der Waals surface area contributed by atoms with Gasteiger partial charge in [-0.25, -0.2) is 4.79 Å². The van der Waals surface area contributed by atoms with Crippen molar-refractivity contribution in [3.8, 4) is 0 Å². The largest absolute Gasteiger partial charge is 0.459 e. The summed E-state index contributed by atoms with van der Waals surface area (Å²) in [7, 11) is 0. The maximum absolute atomic E-state index is 12.9. The zero-order chi connectivity index (χ0) is 22.3. The Balaban J connectivity index is 2.22. The highest BCUT2D eigenvalue weighted by atomic mass is 32.1. The molecule has 30 heavy (non-hydrogen) atoms. The number of amides is 2. The minimum absolute atomic E-state index is 0.109. The van der Waals surface area contributed by atoms with Crippen molar-refractivity contribution in [2.45, 2.75) is 85.7 Å². The van der Waals surface area contributed by atoms with Gasteiger partial charge in [-0.15, -0.1) is 11.3 Å². The lowest BCUT2D eigenvalue weighted by Gasteiger charge is -2.21. The average Bonchev–Trinajstić information content (AvgIpc) is 3.03. The Kier molecular flexibility index (Phi) is 9.34. The number of ether oxygens (including phenoxy) is 1. The van der Waals surface area contributed by atoms with E-state index in [1.807, 2.05) is 13.8 Å². The lowest BCUT2D eigenvalue weighted by atomic mass is 9.86. The number of thiophene rings is 1. The highest BCUT2D eigenvalue weighted by Gasteiger charge is 2.29. The van der Waals surface area contributed by atoms with E-state index >= 15 is 0 Å². The molecule has 1 aliphatic rings. The molecule has 1 aromatic rings. The molecule has 0 saturated heterocycles. The average molecular weight is 437 g/mol. The lowest BCUT2D eigenvalue weighted by molar-refractivity contribution is -0.116. The first-order chi connectivity index (χ1) is 14.3. The van der Waals surface area contributed by atoms with Gasteiger partial charge in [-0.1, -0.05) is 32.1 Å². The third-order valence-electron chi connectivity index (χ3n) is 5.70. The Morgan fingerprint density at radius 3 is 2.33 bits per heavy atom. The van der Waals surface area contributed by atoms with Crippen molar-refractivity contribution in [3.05, 3.63) is 16.0 Å². The molecule has 0 spiro atoms. The van der Waals surface area contributed by atoms with Crippen LogP contribution >= 0.6 is 11.3 Å². The van der Waals surface area contributed by atoms with Crippen molar-refractivity contribution in [1.29, 1.82) is 0 Å². The van der Waals surface area contributed by atoms with Gasteiger partial charge in [0.05, 0.1) is 16.5 Å². The van der Waals surface area contributed by atoms with Gasteiger partial charge in [0.25, 0.3) is 5.91 Å². The fraction of sp³-hybridized carbons (Fsp3) is 0.696. The number of rotatable bonds is 9. The lowest BCUT2D eigenvalue weighted by Crippen LogP contribution is -2.30. The van der Waals surface area contributed by atoms with Crippen molar-refractivity contribution in [2.24, 2.45) is 5.92 Å². The summed E-state index contributed by atoms with van der Waals surface area (Å²) in [4.78, 5) is 40.5. The Morgan fingerprint density at radius 2 is 1.77 bits per heavy atom. The first kappa shape index (κ1) is 24.4. The molecule has 0 radical (unpaired) electrons. The molecule has 1 N–H and O–H groups in total. The summed E-state index contributed by atoms with van der Waals surface area (Å²) in [6, 6.07) is 0. The molecule has 6 nitrogen and oxygen atoms in total. The van der Waals surface area contributed by atoms with Crippen molar-refractivity contribution in [2.75, 3.05) is 18.4 Å². The van der Waals surface area contributed by atoms with Crippen molar-refractivity contribution in [3.63, 3.8) is 0 Å². The second-order valence-corrected chi connectivity index (χ2v) is 9.30. The SMILES string of the molecule is CCN(CC)C(=O)c1sc(NC(=O)CCC2CCCCC2)c(C(=O)OC(C)C)c1C. The summed E-state index contributed by atoms with van der Waals surface area (Å²) in [5.74, 6) is -0.120. The molecule has 0 bridgehead atoms. The predicted molar refractivity (Wildman–Crippen MR) is 121 cm³/mol. The van der Waals surface area contributed by atoms with Gasteiger partial charge in [0.15, 0.2) is 0 Å². The zero-order valence-corrected chi connectivity index (χ0v) is 19.8. The van der Waals surface area contributed by atoms with E-state index in [2.05, 4.69) is 5.32 Å². The minimum Gasteiger partial charge on any atom is -0.459 e. The van der Waals surface area contributed by atoms with Gasteiger partial charge in [0.1, 0.15) is 5.00 Å². The Morgan fingerprint density at radius 1 is 1.13 bits per heavy atom. The molecular formula is C23H36N2O4S. The maximum atomic E-state index is 12.9. The number of esters is 1. The number of nitrogens with one attached hydrogen (secondary N) is 1. The first-order valence-electron chi connectivity index (χ1n) is 11.2. The van der Waals surface area contributed by atoms with Gasteiger partial charge in [-0.05, 0) is 52.5 Å². The van der Waals surface area contributed by atoms with Crippen LogP contribution in [0.2, 0.25) is 0 Å². The predicted octanol–water partition coefficient (Wildman–Crippen LogP) is 5.40. The van der Waals surface area contributed by atoms with Gasteiger partial charge in [-0.2, -0.15) is 0 Å². The molecule has 168 valence electrons. The molecule has 1 aliphatic carbocycles. The van der Waals surface area contributed by atoms with Gasteiger partial charge in [0, 0.05) is 19.5 Å². The van der Waals surface area contributed by atoms with Crippen molar-refractivity contribution in [1.82, 2.24) is 4.90 Å². The Hall–Kier alpha value is -1.89. The number of carbonyl (C=O) groups excluding carboxylic acids is 3. The molecule has 1 aromatic heterocycles. The fourth-order valence-corrected chi connectivity index (χ4v) is 5.16. The van der Waals surface area contributed by atoms with Crippen LogP contribution in [0.25, 0.3) is 0 Å². The number of carbonyl (C=O) groups is 3. The normalized spacial score (nSPS) is 14.6. The van der Waals surface area contributed by atoms with Crippen LogP contribution in [0.4, 0.5) is 5.00 Å². The van der Waals surface area contributed by atoms with E-state index in [1.54, 1.807) is 25.7 Å². The van der Waals surface area contributed by atoms with Crippen molar-refractivity contribution >= 4 is 34.1 Å². The third-order valence-corrected chi connectivity index (χ3v) is 6.89. The smallest absolute Gasteiger partial charge is 0.341 e. The molecule has 0 unspecified atom stereocenters. The molecule has 1 saturated carbocycles. The summed E-state index contributed by atoms with van der Waals surface area (Å²) in [5.41, 5.74) is 0.875. The molecule has 0 aromatic carbocycles. The number of anilines is 1. The summed E-state index contributed by atoms with van der Waals surface area (Å²) in [5, 5.41) is 3.32. The minimum atomic E-state index is -0.500. The fourth-order valence-electron chi connectivity index (χ4n) is 3.98. The van der Waals surface area contributed by atoms with Crippen LogP contribution in [0, 0.1) is 12.8 Å². The van der Waals surface area contributed by atoms with Gasteiger partial charge >= 0.3 is 5.97 Å². The molecule has 2 amide bonds. The maximum Gasteiger partial charge on any atom is 0.341 e. The van der Waals surface area contributed by atoms with Crippen LogP contribution in [0.1, 0.15) is 98.2 Å². The standard InChI is InChI=1S/C23H36N2O4S/c1-6-25(7-2)22(27)20-16(5)19(23(28)29-15(3)4)21(30-20)24-18(26)14-13-17-11-9-8-10-12-17/h15,17H,6-14H2,1-5H3,(H,24,26). The molecule has 7 heteroatoms. The van der Waals surface area contributed by atoms with Crippen LogP contribution < -0.4 is 5.32 Å². The van der Waals surface area contributed by atoms with E-state index in [0.717, 1.165) is 6.42 Å². The molecule has 2 rings (SSSR count). The first-order valence-corrected chi connectivity index (χ1v) is 12.0. The van der Waals surface area contributed by atoms with E-state index in [4.69, 9.17) is 4.74 Å². The molecule has 0 atom stereocenters. The van der Waals surface area contributed by atoms with Crippen LogP contribution in [0.5, 0.6) is 0 Å². The molecule has 0 aliphatic heterocycles.